The van der Waals surface area contributed by atoms with Crippen LogP contribution in [0.1, 0.15) is 16.8 Å². The molecule has 0 aliphatic heterocycles. The maximum atomic E-state index is 9.02. The smallest absolute Gasteiger partial charge is 0.141 e. The second-order valence-electron chi connectivity index (χ2n) is 5.82. The van der Waals surface area contributed by atoms with E-state index in [1.165, 1.54) is 0 Å². The molecule has 24 heavy (non-hydrogen) atoms. The van der Waals surface area contributed by atoms with Crippen molar-refractivity contribution >= 4 is 33.4 Å². The predicted molar refractivity (Wildman–Crippen MR) is 95.0 cm³/mol. The molecule has 0 spiro atoms. The first-order valence-electron chi connectivity index (χ1n) is 7.54. The Hall–Kier alpha value is -2.90. The molecule has 0 radical (unpaired) electrons. The fourth-order valence-electron chi connectivity index (χ4n) is 3.01. The number of pyridine rings is 2. The van der Waals surface area contributed by atoms with E-state index in [4.69, 9.17) is 16.9 Å². The number of halogens is 1. The third-order valence-corrected chi connectivity index (χ3v) is 4.35. The van der Waals surface area contributed by atoms with Crippen LogP contribution < -0.4 is 0 Å². The summed E-state index contributed by atoms with van der Waals surface area (Å²) in [4.78, 5) is 8.52. The van der Waals surface area contributed by atoms with Crippen LogP contribution >= 0.6 is 11.6 Å². The number of hydrogen-bond donors (Lipinski definition) is 0. The lowest BCUT2D eigenvalue weighted by Crippen LogP contribution is -1.98. The molecule has 116 valence electrons. The average molecular weight is 333 g/mol. The Morgan fingerprint density at radius 2 is 2.04 bits per heavy atom. The summed E-state index contributed by atoms with van der Waals surface area (Å²) in [6, 6.07) is 12.0. The van der Waals surface area contributed by atoms with E-state index in [0.29, 0.717) is 10.7 Å². The van der Waals surface area contributed by atoms with Gasteiger partial charge in [-0.15, -0.1) is 0 Å². The largest absolute Gasteiger partial charge is 0.342 e. The second kappa shape index (κ2) is 5.63. The topological polar surface area (TPSA) is 54.5 Å². The van der Waals surface area contributed by atoms with E-state index in [9.17, 15) is 0 Å². The molecule has 1 aromatic carbocycles. The van der Waals surface area contributed by atoms with E-state index in [1.807, 2.05) is 25.1 Å². The van der Waals surface area contributed by atoms with Crippen molar-refractivity contribution in [1.82, 2.24) is 14.5 Å². The van der Waals surface area contributed by atoms with Crippen molar-refractivity contribution < 1.29 is 0 Å². The van der Waals surface area contributed by atoms with Gasteiger partial charge in [0.2, 0.25) is 0 Å². The molecule has 3 aromatic heterocycles. The first-order chi connectivity index (χ1) is 11.6. The van der Waals surface area contributed by atoms with Crippen LogP contribution in [0.15, 0.2) is 48.9 Å². The first-order valence-corrected chi connectivity index (χ1v) is 7.91. The van der Waals surface area contributed by atoms with Crippen LogP contribution in [0.4, 0.5) is 0 Å². The predicted octanol–water partition coefficient (Wildman–Crippen LogP) is 4.47. The van der Waals surface area contributed by atoms with Crippen molar-refractivity contribution in [2.45, 2.75) is 13.5 Å². The molecule has 0 saturated heterocycles. The highest BCUT2D eigenvalue weighted by Crippen LogP contribution is 2.23. The van der Waals surface area contributed by atoms with Gasteiger partial charge in [0.05, 0.1) is 22.3 Å². The van der Waals surface area contributed by atoms with E-state index in [2.05, 4.69) is 38.9 Å². The van der Waals surface area contributed by atoms with Gasteiger partial charge >= 0.3 is 0 Å². The summed E-state index contributed by atoms with van der Waals surface area (Å²) in [6.45, 7) is 2.77. The van der Waals surface area contributed by atoms with Crippen molar-refractivity contribution in [2.75, 3.05) is 0 Å². The van der Waals surface area contributed by atoms with Crippen LogP contribution in [0.2, 0.25) is 5.02 Å². The number of nitrogens with zero attached hydrogens (tertiary/aromatic N) is 4. The van der Waals surface area contributed by atoms with E-state index in [-0.39, 0.29) is 0 Å². The molecule has 0 bridgehead atoms. The Labute approximate surface area is 144 Å². The van der Waals surface area contributed by atoms with E-state index in [1.54, 1.807) is 12.4 Å². The minimum Gasteiger partial charge on any atom is -0.342 e. The summed E-state index contributed by atoms with van der Waals surface area (Å²) < 4.78 is 2.15. The summed E-state index contributed by atoms with van der Waals surface area (Å²) in [7, 11) is 0. The Morgan fingerprint density at radius 3 is 2.88 bits per heavy atom. The lowest BCUT2D eigenvalue weighted by atomic mass is 10.1. The molecule has 0 saturated carbocycles. The van der Waals surface area contributed by atoms with Gasteiger partial charge < -0.3 is 4.57 Å². The number of rotatable bonds is 2. The van der Waals surface area contributed by atoms with Gasteiger partial charge in [-0.3, -0.25) is 4.98 Å². The van der Waals surface area contributed by atoms with Crippen molar-refractivity contribution in [1.29, 1.82) is 5.26 Å². The van der Waals surface area contributed by atoms with Gasteiger partial charge in [0.25, 0.3) is 0 Å². The van der Waals surface area contributed by atoms with E-state index < -0.39 is 0 Å². The fourth-order valence-corrected chi connectivity index (χ4v) is 3.17. The summed E-state index contributed by atoms with van der Waals surface area (Å²) in [6.07, 6.45) is 5.51. The zero-order valence-electron chi connectivity index (χ0n) is 13.0. The van der Waals surface area contributed by atoms with Gasteiger partial charge in [0, 0.05) is 29.7 Å². The molecule has 4 aromatic rings. The lowest BCUT2D eigenvalue weighted by Gasteiger charge is -2.07. The van der Waals surface area contributed by atoms with Gasteiger partial charge in [-0.25, -0.2) is 4.98 Å². The monoisotopic (exact) mass is 332 g/mol. The molecule has 0 aliphatic carbocycles. The van der Waals surface area contributed by atoms with Crippen LogP contribution in [-0.4, -0.2) is 14.5 Å². The standard InChI is InChI=1S/C19H13ClN4/c1-12-10-24(19-9-22-16(7-21)6-17(12)19)11-13-2-3-18-14(4-13)5-15(20)8-23-18/h2-6,8-10H,11H2,1H3. The molecule has 0 aliphatic rings. The molecule has 0 N–H and O–H groups in total. The van der Waals surface area contributed by atoms with Gasteiger partial charge in [-0.05, 0) is 42.3 Å². The third kappa shape index (κ3) is 2.49. The highest BCUT2D eigenvalue weighted by molar-refractivity contribution is 6.31. The molecular formula is C19H13ClN4. The van der Waals surface area contributed by atoms with Gasteiger partial charge in [-0.2, -0.15) is 5.26 Å². The summed E-state index contributed by atoms with van der Waals surface area (Å²) in [5, 5.41) is 11.7. The number of fused-ring (bicyclic) bond motifs is 2. The minimum atomic E-state index is 0.440. The summed E-state index contributed by atoms with van der Waals surface area (Å²) >= 11 is 6.04. The molecule has 3 heterocycles. The Kier molecular flexibility index (Phi) is 3.44. The van der Waals surface area contributed by atoms with Crippen LogP contribution in [0.5, 0.6) is 0 Å². The molecule has 0 atom stereocenters. The second-order valence-corrected chi connectivity index (χ2v) is 6.26. The Bertz CT molecular complexity index is 1120. The number of aryl methyl sites for hydroxylation is 1. The van der Waals surface area contributed by atoms with E-state index in [0.717, 1.165) is 39.5 Å². The number of aromatic nitrogens is 3. The zero-order chi connectivity index (χ0) is 16.7. The van der Waals surface area contributed by atoms with Crippen molar-refractivity contribution in [2.24, 2.45) is 0 Å². The molecular weight excluding hydrogens is 320 g/mol. The van der Waals surface area contributed by atoms with Gasteiger partial charge in [0.1, 0.15) is 11.8 Å². The SMILES string of the molecule is Cc1cn(Cc2ccc3ncc(Cl)cc3c2)c2cnc(C#N)cc12. The maximum absolute atomic E-state index is 9.02. The number of nitriles is 1. The Morgan fingerprint density at radius 1 is 1.17 bits per heavy atom. The van der Waals surface area contributed by atoms with Crippen LogP contribution in [0.25, 0.3) is 21.8 Å². The molecule has 5 heteroatoms. The normalized spacial score (nSPS) is 11.0. The van der Waals surface area contributed by atoms with Crippen molar-refractivity contribution in [3.63, 3.8) is 0 Å². The highest BCUT2D eigenvalue weighted by Gasteiger charge is 2.08. The van der Waals surface area contributed by atoms with Gasteiger partial charge in [-0.1, -0.05) is 17.7 Å². The van der Waals surface area contributed by atoms with Crippen LogP contribution in [0, 0.1) is 18.3 Å². The van der Waals surface area contributed by atoms with E-state index >= 15 is 0 Å². The van der Waals surface area contributed by atoms with Crippen molar-refractivity contribution in [3.05, 3.63) is 70.8 Å². The summed E-state index contributed by atoms with van der Waals surface area (Å²) in [5.74, 6) is 0. The van der Waals surface area contributed by atoms with Gasteiger partial charge in [0.15, 0.2) is 0 Å². The lowest BCUT2D eigenvalue weighted by molar-refractivity contribution is 0.833. The minimum absolute atomic E-state index is 0.440. The molecule has 0 unspecified atom stereocenters. The molecule has 0 fully saturated rings. The van der Waals surface area contributed by atoms with Crippen molar-refractivity contribution in [3.8, 4) is 6.07 Å². The Balaban J connectivity index is 1.78. The van der Waals surface area contributed by atoms with Crippen LogP contribution in [0.3, 0.4) is 0 Å². The average Bonchev–Trinajstić information content (AvgIpc) is 2.90. The zero-order valence-corrected chi connectivity index (χ0v) is 13.7. The molecule has 4 rings (SSSR count). The quantitative estimate of drug-likeness (QED) is 0.544. The number of hydrogen-bond acceptors (Lipinski definition) is 3. The highest BCUT2D eigenvalue weighted by atomic mass is 35.5. The molecule has 4 nitrogen and oxygen atoms in total. The summed E-state index contributed by atoms with van der Waals surface area (Å²) in [5.41, 5.74) is 4.69. The third-order valence-electron chi connectivity index (χ3n) is 4.15. The fraction of sp³-hybridized carbons (Fsp3) is 0.105. The molecule has 0 amide bonds. The number of benzene rings is 1. The maximum Gasteiger partial charge on any atom is 0.141 e. The first kappa shape index (κ1) is 14.7. The van der Waals surface area contributed by atoms with Crippen LogP contribution in [-0.2, 0) is 6.54 Å².